The molecule has 0 radical (unpaired) electrons. The summed E-state index contributed by atoms with van der Waals surface area (Å²) in [6.45, 7) is 4.36. The van der Waals surface area contributed by atoms with E-state index in [1.54, 1.807) is 30.0 Å². The van der Waals surface area contributed by atoms with Gasteiger partial charge in [-0.25, -0.2) is 0 Å². The van der Waals surface area contributed by atoms with Crippen molar-refractivity contribution in [1.29, 1.82) is 0 Å². The summed E-state index contributed by atoms with van der Waals surface area (Å²) in [6.07, 6.45) is 0. The lowest BCUT2D eigenvalue weighted by Gasteiger charge is -2.26. The first kappa shape index (κ1) is 21.3. The van der Waals surface area contributed by atoms with E-state index in [0.29, 0.717) is 23.6 Å². The second kappa shape index (κ2) is 9.78. The number of esters is 1. The molecular formula is C22H27NO5. The molecule has 6 nitrogen and oxygen atoms in total. The number of amides is 1. The Labute approximate surface area is 166 Å². The molecule has 1 unspecified atom stereocenters. The maximum atomic E-state index is 13.3. The van der Waals surface area contributed by atoms with Crippen molar-refractivity contribution < 1.29 is 23.8 Å². The zero-order valence-corrected chi connectivity index (χ0v) is 17.0. The number of carbonyl (C=O) groups is 2. The molecular weight excluding hydrogens is 358 g/mol. The summed E-state index contributed by atoms with van der Waals surface area (Å²) in [7, 11) is 4.41. The minimum Gasteiger partial charge on any atom is -0.497 e. The number of aryl methyl sites for hydroxylation is 1. The van der Waals surface area contributed by atoms with E-state index >= 15 is 0 Å². The minimum absolute atomic E-state index is 0.214. The quantitative estimate of drug-likeness (QED) is 0.651. The zero-order chi connectivity index (χ0) is 20.7. The summed E-state index contributed by atoms with van der Waals surface area (Å²) in [4.78, 5) is 26.8. The molecule has 1 amide bonds. The molecule has 1 atom stereocenters. The number of ether oxygens (including phenoxy) is 3. The summed E-state index contributed by atoms with van der Waals surface area (Å²) in [5.41, 5.74) is 2.55. The summed E-state index contributed by atoms with van der Waals surface area (Å²) >= 11 is 0. The van der Waals surface area contributed by atoms with Gasteiger partial charge in [-0.2, -0.15) is 0 Å². The molecule has 2 aromatic carbocycles. The number of hydrogen-bond donors (Lipinski definition) is 0. The monoisotopic (exact) mass is 385 g/mol. The van der Waals surface area contributed by atoms with E-state index in [1.807, 2.05) is 31.2 Å². The highest BCUT2D eigenvalue weighted by molar-refractivity contribution is 5.95. The summed E-state index contributed by atoms with van der Waals surface area (Å²) < 4.78 is 15.4. The number of rotatable bonds is 8. The maximum absolute atomic E-state index is 13.3. The SMILES string of the molecule is COC(=O)C(C)CN(Cc1ccc(C)cc1)C(=O)c1cc(OC)cc(OC)c1. The lowest BCUT2D eigenvalue weighted by atomic mass is 10.1. The molecule has 0 aliphatic rings. The van der Waals surface area contributed by atoms with Crippen molar-refractivity contribution in [2.24, 2.45) is 5.92 Å². The fourth-order valence-electron chi connectivity index (χ4n) is 2.85. The van der Waals surface area contributed by atoms with Crippen LogP contribution in [0, 0.1) is 12.8 Å². The maximum Gasteiger partial charge on any atom is 0.310 e. The second-order valence-electron chi connectivity index (χ2n) is 6.70. The third kappa shape index (κ3) is 5.49. The van der Waals surface area contributed by atoms with Crippen molar-refractivity contribution in [3.63, 3.8) is 0 Å². The molecule has 150 valence electrons. The van der Waals surface area contributed by atoms with Crippen molar-refractivity contribution in [3.05, 3.63) is 59.2 Å². The minimum atomic E-state index is -0.452. The van der Waals surface area contributed by atoms with Gasteiger partial charge in [0.2, 0.25) is 0 Å². The molecule has 2 rings (SSSR count). The number of hydrogen-bond acceptors (Lipinski definition) is 5. The Morgan fingerprint density at radius 2 is 1.54 bits per heavy atom. The van der Waals surface area contributed by atoms with Gasteiger partial charge in [0.1, 0.15) is 11.5 Å². The fraction of sp³-hybridized carbons (Fsp3) is 0.364. The van der Waals surface area contributed by atoms with E-state index in [-0.39, 0.29) is 18.4 Å². The molecule has 0 bridgehead atoms. The topological polar surface area (TPSA) is 65.1 Å². The Morgan fingerprint density at radius 3 is 2.04 bits per heavy atom. The smallest absolute Gasteiger partial charge is 0.310 e. The van der Waals surface area contributed by atoms with Crippen LogP contribution in [-0.2, 0) is 16.1 Å². The van der Waals surface area contributed by atoms with Gasteiger partial charge in [-0.3, -0.25) is 9.59 Å². The predicted molar refractivity (Wildman–Crippen MR) is 107 cm³/mol. The molecule has 0 spiro atoms. The fourth-order valence-corrected chi connectivity index (χ4v) is 2.85. The van der Waals surface area contributed by atoms with Gasteiger partial charge in [-0.15, -0.1) is 0 Å². The first-order valence-corrected chi connectivity index (χ1v) is 9.03. The van der Waals surface area contributed by atoms with Crippen LogP contribution in [0.25, 0.3) is 0 Å². The highest BCUT2D eigenvalue weighted by Gasteiger charge is 2.23. The molecule has 0 saturated carbocycles. The standard InChI is InChI=1S/C22H27NO5/c1-15-6-8-17(9-7-15)14-23(13-16(2)22(25)28-5)21(24)18-10-19(26-3)12-20(11-18)27-4/h6-12,16H,13-14H2,1-5H3. The van der Waals surface area contributed by atoms with Crippen molar-refractivity contribution >= 4 is 11.9 Å². The van der Waals surface area contributed by atoms with Gasteiger partial charge in [-0.1, -0.05) is 36.8 Å². The van der Waals surface area contributed by atoms with Crippen molar-refractivity contribution in [3.8, 4) is 11.5 Å². The molecule has 0 heterocycles. The van der Waals surface area contributed by atoms with Crippen LogP contribution in [-0.4, -0.2) is 44.7 Å². The van der Waals surface area contributed by atoms with Crippen LogP contribution in [0.2, 0.25) is 0 Å². The van der Waals surface area contributed by atoms with Crippen LogP contribution in [0.3, 0.4) is 0 Å². The van der Waals surface area contributed by atoms with Gasteiger partial charge >= 0.3 is 5.97 Å². The van der Waals surface area contributed by atoms with Crippen LogP contribution in [0.5, 0.6) is 11.5 Å². The van der Waals surface area contributed by atoms with Crippen LogP contribution >= 0.6 is 0 Å². The first-order chi connectivity index (χ1) is 13.4. The number of methoxy groups -OCH3 is 3. The molecule has 0 saturated heterocycles. The third-order valence-corrected chi connectivity index (χ3v) is 4.48. The van der Waals surface area contributed by atoms with Gasteiger partial charge < -0.3 is 19.1 Å². The summed E-state index contributed by atoms with van der Waals surface area (Å²) in [5, 5.41) is 0. The van der Waals surface area contributed by atoms with E-state index in [9.17, 15) is 9.59 Å². The van der Waals surface area contributed by atoms with E-state index in [1.165, 1.54) is 21.3 Å². The van der Waals surface area contributed by atoms with Crippen LogP contribution in [0.15, 0.2) is 42.5 Å². The highest BCUT2D eigenvalue weighted by Crippen LogP contribution is 2.24. The van der Waals surface area contributed by atoms with E-state index in [4.69, 9.17) is 14.2 Å². The van der Waals surface area contributed by atoms with Gasteiger partial charge in [0.15, 0.2) is 0 Å². The normalized spacial score (nSPS) is 11.5. The van der Waals surface area contributed by atoms with Crippen molar-refractivity contribution in [1.82, 2.24) is 4.90 Å². The van der Waals surface area contributed by atoms with Gasteiger partial charge in [-0.05, 0) is 24.6 Å². The first-order valence-electron chi connectivity index (χ1n) is 9.03. The van der Waals surface area contributed by atoms with Gasteiger partial charge in [0, 0.05) is 24.7 Å². The third-order valence-electron chi connectivity index (χ3n) is 4.48. The molecule has 0 N–H and O–H groups in total. The molecule has 6 heteroatoms. The summed E-state index contributed by atoms with van der Waals surface area (Å²) in [5.74, 6) is 0.0309. The molecule has 0 aliphatic heterocycles. The second-order valence-corrected chi connectivity index (χ2v) is 6.70. The van der Waals surface area contributed by atoms with Crippen LogP contribution < -0.4 is 9.47 Å². The van der Waals surface area contributed by atoms with Gasteiger partial charge in [0.25, 0.3) is 5.91 Å². The van der Waals surface area contributed by atoms with Crippen molar-refractivity contribution in [2.75, 3.05) is 27.9 Å². The Kier molecular flexibility index (Phi) is 7.44. The van der Waals surface area contributed by atoms with E-state index in [0.717, 1.165) is 11.1 Å². The van der Waals surface area contributed by atoms with Gasteiger partial charge in [0.05, 0.1) is 27.2 Å². The number of benzene rings is 2. The lowest BCUT2D eigenvalue weighted by Crippen LogP contribution is -2.37. The molecule has 0 aromatic heterocycles. The summed E-state index contributed by atoms with van der Waals surface area (Å²) in [6, 6.07) is 13.0. The average molecular weight is 385 g/mol. The Hall–Kier alpha value is -3.02. The van der Waals surface area contributed by atoms with Crippen LogP contribution in [0.4, 0.5) is 0 Å². The predicted octanol–water partition coefficient (Wildman–Crippen LogP) is 3.46. The Balaban J connectivity index is 2.34. The van der Waals surface area contributed by atoms with Crippen LogP contribution in [0.1, 0.15) is 28.4 Å². The van der Waals surface area contributed by atoms with E-state index < -0.39 is 5.92 Å². The van der Waals surface area contributed by atoms with Crippen molar-refractivity contribution in [2.45, 2.75) is 20.4 Å². The average Bonchev–Trinajstić information content (AvgIpc) is 2.72. The Bertz CT molecular complexity index is 794. The van der Waals surface area contributed by atoms with E-state index in [2.05, 4.69) is 0 Å². The highest BCUT2D eigenvalue weighted by atomic mass is 16.5. The molecule has 0 fully saturated rings. The number of carbonyl (C=O) groups excluding carboxylic acids is 2. The lowest BCUT2D eigenvalue weighted by molar-refractivity contribution is -0.145. The molecule has 2 aromatic rings. The largest absolute Gasteiger partial charge is 0.497 e. The molecule has 28 heavy (non-hydrogen) atoms. The number of nitrogens with zero attached hydrogens (tertiary/aromatic N) is 1. The Morgan fingerprint density at radius 1 is 0.964 bits per heavy atom. The zero-order valence-electron chi connectivity index (χ0n) is 17.0. The molecule has 0 aliphatic carbocycles.